The van der Waals surface area contributed by atoms with E-state index in [1.165, 1.54) is 29.7 Å². The molecule has 0 radical (unpaired) electrons. The lowest BCUT2D eigenvalue weighted by atomic mass is 9.87. The van der Waals surface area contributed by atoms with E-state index in [1.807, 2.05) is 11.0 Å². The van der Waals surface area contributed by atoms with E-state index in [9.17, 15) is 9.59 Å². The molecule has 1 aromatic rings. The third-order valence-corrected chi connectivity index (χ3v) is 7.36. The van der Waals surface area contributed by atoms with Gasteiger partial charge in [0.15, 0.2) is 0 Å². The Labute approximate surface area is 171 Å². The smallest absolute Gasteiger partial charge is 0.264 e. The summed E-state index contributed by atoms with van der Waals surface area (Å²) in [6.45, 7) is 6.61. The zero-order valence-electron chi connectivity index (χ0n) is 16.6. The molecule has 0 bridgehead atoms. The number of thiophene rings is 1. The molecule has 7 heteroatoms. The van der Waals surface area contributed by atoms with Gasteiger partial charge in [-0.2, -0.15) is 0 Å². The Morgan fingerprint density at radius 2 is 1.93 bits per heavy atom. The zero-order chi connectivity index (χ0) is 19.3. The van der Waals surface area contributed by atoms with Gasteiger partial charge in [0.2, 0.25) is 5.91 Å². The lowest BCUT2D eigenvalue weighted by Crippen LogP contribution is -2.40. The highest BCUT2D eigenvalue weighted by Gasteiger charge is 2.29. The van der Waals surface area contributed by atoms with Crippen LogP contribution in [0.25, 0.3) is 0 Å². The molecule has 2 saturated heterocycles. The first-order valence-electron chi connectivity index (χ1n) is 10.7. The van der Waals surface area contributed by atoms with Crippen LogP contribution >= 0.6 is 11.3 Å². The molecule has 3 aliphatic rings. The van der Waals surface area contributed by atoms with Gasteiger partial charge < -0.3 is 19.9 Å². The van der Waals surface area contributed by atoms with Crippen LogP contribution in [0.2, 0.25) is 0 Å². The van der Waals surface area contributed by atoms with Crippen LogP contribution in [0, 0.1) is 5.92 Å². The number of carbonyl (C=O) groups excluding carboxylic acids is 2. The van der Waals surface area contributed by atoms with Crippen LogP contribution in [0.15, 0.2) is 6.07 Å². The second-order valence-electron chi connectivity index (χ2n) is 8.10. The quantitative estimate of drug-likeness (QED) is 0.813. The van der Waals surface area contributed by atoms with Crippen molar-refractivity contribution in [2.45, 2.75) is 38.5 Å². The fourth-order valence-electron chi connectivity index (χ4n) is 4.44. The molecule has 154 valence electrons. The van der Waals surface area contributed by atoms with Crippen LogP contribution in [-0.2, 0) is 22.4 Å². The van der Waals surface area contributed by atoms with Crippen LogP contribution in [0.5, 0.6) is 0 Å². The number of hydrogen-bond acceptors (Lipinski definition) is 5. The Hall–Kier alpha value is -1.44. The Morgan fingerprint density at radius 3 is 2.71 bits per heavy atom. The van der Waals surface area contributed by atoms with Crippen molar-refractivity contribution in [3.63, 3.8) is 0 Å². The second-order valence-corrected chi connectivity index (χ2v) is 9.23. The number of hydrogen-bond donors (Lipinski definition) is 1. The Morgan fingerprint density at radius 1 is 1.14 bits per heavy atom. The number of rotatable bonds is 5. The van der Waals surface area contributed by atoms with Crippen LogP contribution in [0.1, 0.15) is 45.8 Å². The Balaban J connectivity index is 1.28. The molecule has 1 aliphatic carbocycles. The normalized spacial score (nSPS) is 23.3. The van der Waals surface area contributed by atoms with Crippen molar-refractivity contribution in [2.75, 3.05) is 52.5 Å². The summed E-state index contributed by atoms with van der Waals surface area (Å²) >= 11 is 1.62. The van der Waals surface area contributed by atoms with E-state index in [0.29, 0.717) is 26.3 Å². The van der Waals surface area contributed by atoms with E-state index in [0.717, 1.165) is 50.3 Å². The van der Waals surface area contributed by atoms with E-state index in [4.69, 9.17) is 4.74 Å². The summed E-state index contributed by atoms with van der Waals surface area (Å²) in [5.74, 6) is 0.329. The number of morpholine rings is 1. The lowest BCUT2D eigenvalue weighted by Gasteiger charge is -2.27. The molecule has 2 amide bonds. The van der Waals surface area contributed by atoms with Gasteiger partial charge in [-0.25, -0.2) is 0 Å². The first-order chi connectivity index (χ1) is 13.7. The number of aryl methyl sites for hydroxylation is 1. The molecule has 1 N–H and O–H groups in total. The van der Waals surface area contributed by atoms with Crippen LogP contribution in [0.4, 0.5) is 0 Å². The predicted octanol–water partition coefficient (Wildman–Crippen LogP) is 1.93. The van der Waals surface area contributed by atoms with Crippen molar-refractivity contribution in [1.29, 1.82) is 0 Å². The number of piperidine rings is 1. The highest BCUT2D eigenvalue weighted by atomic mass is 32.1. The van der Waals surface area contributed by atoms with Gasteiger partial charge in [0.25, 0.3) is 5.91 Å². The van der Waals surface area contributed by atoms with Gasteiger partial charge in [0.05, 0.1) is 18.1 Å². The van der Waals surface area contributed by atoms with Crippen molar-refractivity contribution in [2.24, 2.45) is 5.92 Å². The number of nitrogens with one attached hydrogen (secondary N) is 1. The zero-order valence-corrected chi connectivity index (χ0v) is 17.4. The molecule has 1 atom stereocenters. The van der Waals surface area contributed by atoms with Crippen molar-refractivity contribution in [3.05, 3.63) is 21.4 Å². The van der Waals surface area contributed by atoms with E-state index < -0.39 is 0 Å². The summed E-state index contributed by atoms with van der Waals surface area (Å²) in [4.78, 5) is 31.8. The first-order valence-corrected chi connectivity index (χ1v) is 11.5. The van der Waals surface area contributed by atoms with Crippen molar-refractivity contribution >= 4 is 23.2 Å². The number of amides is 2. The van der Waals surface area contributed by atoms with Crippen molar-refractivity contribution < 1.29 is 14.3 Å². The molecule has 0 spiro atoms. The average Bonchev–Trinajstić information content (AvgIpc) is 3.18. The minimum absolute atomic E-state index is 0.0368. The topological polar surface area (TPSA) is 61.9 Å². The van der Waals surface area contributed by atoms with Crippen molar-refractivity contribution in [1.82, 2.24) is 15.1 Å². The highest BCUT2D eigenvalue weighted by molar-refractivity contribution is 7.14. The Kier molecular flexibility index (Phi) is 6.65. The molecule has 2 fully saturated rings. The summed E-state index contributed by atoms with van der Waals surface area (Å²) in [7, 11) is 0. The van der Waals surface area contributed by atoms with E-state index in [1.54, 1.807) is 11.3 Å². The van der Waals surface area contributed by atoms with Crippen LogP contribution in [0.3, 0.4) is 0 Å². The molecule has 28 heavy (non-hydrogen) atoms. The number of likely N-dealkylation sites (tertiary alicyclic amines) is 1. The SMILES string of the molecule is O=C(NCCN1CCCCC1)C1CCc2sc(C(=O)N3CCOCC3)cc2C1. The molecule has 0 saturated carbocycles. The third kappa shape index (κ3) is 4.75. The predicted molar refractivity (Wildman–Crippen MR) is 110 cm³/mol. The molecular formula is C21H31N3O3S. The molecule has 0 aromatic carbocycles. The monoisotopic (exact) mass is 405 g/mol. The second kappa shape index (κ2) is 9.37. The van der Waals surface area contributed by atoms with Gasteiger partial charge in [-0.15, -0.1) is 11.3 Å². The standard InChI is InChI=1S/C21H31N3O3S/c25-20(22-6-9-23-7-2-1-3-8-23)16-4-5-18-17(14-16)15-19(28-18)21(26)24-10-12-27-13-11-24/h15-16H,1-14H2,(H,22,25). The molecule has 1 unspecified atom stereocenters. The largest absolute Gasteiger partial charge is 0.378 e. The van der Waals surface area contributed by atoms with E-state index in [2.05, 4.69) is 10.2 Å². The summed E-state index contributed by atoms with van der Waals surface area (Å²) in [5, 5.41) is 3.15. The van der Waals surface area contributed by atoms with Gasteiger partial charge in [0, 0.05) is 37.0 Å². The minimum atomic E-state index is 0.0368. The number of nitrogens with zero attached hydrogens (tertiary/aromatic N) is 2. The number of ether oxygens (including phenoxy) is 1. The maximum Gasteiger partial charge on any atom is 0.264 e. The van der Waals surface area contributed by atoms with Gasteiger partial charge >= 0.3 is 0 Å². The van der Waals surface area contributed by atoms with E-state index >= 15 is 0 Å². The summed E-state index contributed by atoms with van der Waals surface area (Å²) < 4.78 is 5.34. The number of carbonyl (C=O) groups is 2. The van der Waals surface area contributed by atoms with Gasteiger partial charge in [-0.1, -0.05) is 6.42 Å². The first kappa shape index (κ1) is 19.9. The minimum Gasteiger partial charge on any atom is -0.378 e. The fraction of sp³-hybridized carbons (Fsp3) is 0.714. The molecule has 1 aromatic heterocycles. The Bertz CT molecular complexity index is 693. The van der Waals surface area contributed by atoms with Crippen LogP contribution < -0.4 is 5.32 Å². The third-order valence-electron chi connectivity index (χ3n) is 6.14. The molecular weight excluding hydrogens is 374 g/mol. The average molecular weight is 406 g/mol. The molecule has 3 heterocycles. The lowest BCUT2D eigenvalue weighted by molar-refractivity contribution is -0.125. The summed E-state index contributed by atoms with van der Waals surface area (Å²) in [6, 6.07) is 2.03. The maximum atomic E-state index is 12.7. The molecule has 2 aliphatic heterocycles. The number of fused-ring (bicyclic) bond motifs is 1. The van der Waals surface area contributed by atoms with E-state index in [-0.39, 0.29) is 17.7 Å². The summed E-state index contributed by atoms with van der Waals surface area (Å²) in [6.07, 6.45) is 6.45. The van der Waals surface area contributed by atoms with Gasteiger partial charge in [-0.05, 0) is 56.8 Å². The van der Waals surface area contributed by atoms with Crippen molar-refractivity contribution in [3.8, 4) is 0 Å². The maximum absolute atomic E-state index is 12.7. The van der Waals surface area contributed by atoms with Crippen LogP contribution in [-0.4, -0.2) is 74.1 Å². The van der Waals surface area contributed by atoms with Gasteiger partial charge in [0.1, 0.15) is 0 Å². The highest BCUT2D eigenvalue weighted by Crippen LogP contribution is 2.33. The molecule has 6 nitrogen and oxygen atoms in total. The van der Waals surface area contributed by atoms with Gasteiger partial charge in [-0.3, -0.25) is 9.59 Å². The fourth-order valence-corrected chi connectivity index (χ4v) is 5.62. The molecule has 4 rings (SSSR count). The summed E-state index contributed by atoms with van der Waals surface area (Å²) in [5.41, 5.74) is 1.20.